The van der Waals surface area contributed by atoms with Gasteiger partial charge in [-0.25, -0.2) is 4.98 Å². The van der Waals surface area contributed by atoms with E-state index in [2.05, 4.69) is 4.90 Å². The summed E-state index contributed by atoms with van der Waals surface area (Å²) >= 11 is 7.65. The molecule has 1 amide bonds. The summed E-state index contributed by atoms with van der Waals surface area (Å²) in [4.78, 5) is 32.8. The Kier molecular flexibility index (Phi) is 9.03. The van der Waals surface area contributed by atoms with Crippen molar-refractivity contribution in [3.05, 3.63) is 57.1 Å². The van der Waals surface area contributed by atoms with E-state index in [0.29, 0.717) is 49.3 Å². The lowest BCUT2D eigenvalue weighted by atomic mass is 10.1. The number of nitro groups is 1. The zero-order valence-corrected chi connectivity index (χ0v) is 20.8. The van der Waals surface area contributed by atoms with Crippen molar-refractivity contribution in [1.29, 1.82) is 0 Å². The van der Waals surface area contributed by atoms with Crippen molar-refractivity contribution in [1.82, 2.24) is 9.88 Å². The number of non-ortho nitro benzene ring substituents is 1. The minimum Gasteiger partial charge on any atom is -0.492 e. The normalized spacial score (nSPS) is 13.9. The smallest absolute Gasteiger partial charge is 0.270 e. The predicted octanol–water partition coefficient (Wildman–Crippen LogP) is 4.66. The second-order valence-corrected chi connectivity index (χ2v) is 8.78. The van der Waals surface area contributed by atoms with E-state index in [9.17, 15) is 14.9 Å². The summed E-state index contributed by atoms with van der Waals surface area (Å²) in [6, 6.07) is 9.51. The van der Waals surface area contributed by atoms with Crippen LogP contribution in [0.4, 0.5) is 10.8 Å². The van der Waals surface area contributed by atoms with Crippen molar-refractivity contribution >= 4 is 62.3 Å². The Labute approximate surface area is 211 Å². The van der Waals surface area contributed by atoms with Crippen LogP contribution < -0.4 is 9.64 Å². The number of carbonyl (C=O) groups is 1. The summed E-state index contributed by atoms with van der Waals surface area (Å²) in [6.45, 7) is 6.18. The number of thiazole rings is 1. The topological polar surface area (TPSA) is 98.0 Å². The third kappa shape index (κ3) is 5.76. The predicted molar refractivity (Wildman–Crippen MR) is 135 cm³/mol. The van der Waals surface area contributed by atoms with E-state index < -0.39 is 10.8 Å². The molecular weight excluding hydrogens is 503 g/mol. The van der Waals surface area contributed by atoms with E-state index in [0.717, 1.165) is 17.8 Å². The van der Waals surface area contributed by atoms with Gasteiger partial charge in [-0.2, -0.15) is 0 Å². The molecule has 182 valence electrons. The summed E-state index contributed by atoms with van der Waals surface area (Å²) in [5.74, 6) is 0.209. The second-order valence-electron chi connectivity index (χ2n) is 7.36. The number of anilines is 1. The molecular formula is C22H24Cl2N4O5S. The summed E-state index contributed by atoms with van der Waals surface area (Å²) in [7, 11) is 0. The molecule has 0 aliphatic carbocycles. The molecule has 1 aliphatic heterocycles. The first kappa shape index (κ1) is 26.1. The molecule has 0 atom stereocenters. The maximum atomic E-state index is 13.6. The third-order valence-corrected chi connectivity index (χ3v) is 6.65. The highest BCUT2D eigenvalue weighted by atomic mass is 35.5. The highest BCUT2D eigenvalue weighted by molar-refractivity contribution is 7.22. The van der Waals surface area contributed by atoms with Gasteiger partial charge in [-0.3, -0.25) is 24.7 Å². The molecule has 0 bridgehead atoms. The zero-order valence-electron chi connectivity index (χ0n) is 18.4. The molecule has 2 heterocycles. The van der Waals surface area contributed by atoms with Gasteiger partial charge < -0.3 is 9.47 Å². The maximum Gasteiger partial charge on any atom is 0.270 e. The molecule has 12 heteroatoms. The number of morpholine rings is 1. The molecule has 0 spiro atoms. The third-order valence-electron chi connectivity index (χ3n) is 5.28. The molecule has 0 saturated carbocycles. The Morgan fingerprint density at radius 1 is 1.32 bits per heavy atom. The van der Waals surface area contributed by atoms with Crippen LogP contribution in [0, 0.1) is 10.1 Å². The van der Waals surface area contributed by atoms with Crippen LogP contribution in [0.3, 0.4) is 0 Å². The van der Waals surface area contributed by atoms with Crippen molar-refractivity contribution in [2.75, 3.05) is 50.9 Å². The number of benzene rings is 2. The lowest BCUT2D eigenvalue weighted by Crippen LogP contribution is -2.43. The Bertz CT molecular complexity index is 1170. The molecule has 0 unspecified atom stereocenters. The summed E-state index contributed by atoms with van der Waals surface area (Å²) in [5.41, 5.74) is 0.546. The largest absolute Gasteiger partial charge is 0.492 e. The number of nitrogens with zero attached hydrogens (tertiary/aromatic N) is 4. The molecule has 1 saturated heterocycles. The SMILES string of the molecule is CCOc1cccc2sc(N(CCN3CCOCC3)C(=O)c3cc([N+](=O)[O-])ccc3Cl)nc12.Cl. The molecule has 1 aliphatic rings. The number of hydrogen-bond donors (Lipinski definition) is 0. The van der Waals surface area contributed by atoms with Crippen LogP contribution >= 0.6 is 35.3 Å². The summed E-state index contributed by atoms with van der Waals surface area (Å²) in [6.07, 6.45) is 0. The minimum atomic E-state index is -0.544. The molecule has 9 nitrogen and oxygen atoms in total. The Balaban J connectivity index is 0.00000324. The summed E-state index contributed by atoms with van der Waals surface area (Å²) < 4.78 is 12.0. The fourth-order valence-electron chi connectivity index (χ4n) is 3.59. The van der Waals surface area contributed by atoms with Gasteiger partial charge in [0.25, 0.3) is 11.6 Å². The molecule has 1 aromatic heterocycles. The van der Waals surface area contributed by atoms with Crippen LogP contribution in [0.25, 0.3) is 10.2 Å². The molecule has 0 N–H and O–H groups in total. The number of nitro benzene ring substituents is 1. The Morgan fingerprint density at radius 2 is 2.09 bits per heavy atom. The van der Waals surface area contributed by atoms with Gasteiger partial charge in [0.15, 0.2) is 5.13 Å². The fraction of sp³-hybridized carbons (Fsp3) is 0.364. The molecule has 3 aromatic rings. The van der Waals surface area contributed by atoms with Crippen molar-refractivity contribution in [3.8, 4) is 5.75 Å². The average molecular weight is 527 g/mol. The molecule has 0 radical (unpaired) electrons. The standard InChI is InChI=1S/C22H23ClN4O5S.ClH/c1-2-32-18-4-3-5-19-20(18)24-22(33-19)26(9-8-25-10-12-31-13-11-25)21(28)16-14-15(27(29)30)6-7-17(16)23;/h3-7,14H,2,8-13H2,1H3;1H. The fourth-order valence-corrected chi connectivity index (χ4v) is 4.79. The van der Waals surface area contributed by atoms with Gasteiger partial charge in [-0.05, 0) is 25.1 Å². The van der Waals surface area contributed by atoms with Gasteiger partial charge in [0, 0.05) is 38.3 Å². The van der Waals surface area contributed by atoms with E-state index >= 15 is 0 Å². The van der Waals surface area contributed by atoms with Crippen LogP contribution in [-0.4, -0.2) is 66.7 Å². The van der Waals surface area contributed by atoms with Gasteiger partial charge in [-0.15, -0.1) is 12.4 Å². The number of rotatable bonds is 8. The van der Waals surface area contributed by atoms with E-state index in [1.807, 2.05) is 25.1 Å². The molecule has 34 heavy (non-hydrogen) atoms. The highest BCUT2D eigenvalue weighted by Crippen LogP contribution is 2.35. The number of ether oxygens (including phenoxy) is 2. The van der Waals surface area contributed by atoms with E-state index in [-0.39, 0.29) is 28.7 Å². The van der Waals surface area contributed by atoms with Gasteiger partial charge in [0.2, 0.25) is 0 Å². The second kappa shape index (κ2) is 11.8. The first-order valence-corrected chi connectivity index (χ1v) is 11.8. The number of halogens is 2. The first-order chi connectivity index (χ1) is 16.0. The maximum absolute atomic E-state index is 13.6. The van der Waals surface area contributed by atoms with E-state index in [1.54, 1.807) is 4.90 Å². The monoisotopic (exact) mass is 526 g/mol. The number of carbonyl (C=O) groups excluding carboxylic acids is 1. The zero-order chi connectivity index (χ0) is 23.4. The van der Waals surface area contributed by atoms with E-state index in [1.165, 1.54) is 29.5 Å². The van der Waals surface area contributed by atoms with Crippen molar-refractivity contribution in [2.24, 2.45) is 0 Å². The van der Waals surface area contributed by atoms with Crippen LogP contribution in [-0.2, 0) is 4.74 Å². The Hall–Kier alpha value is -2.50. The van der Waals surface area contributed by atoms with Gasteiger partial charge in [0.1, 0.15) is 11.3 Å². The molecule has 2 aromatic carbocycles. The van der Waals surface area contributed by atoms with Crippen molar-refractivity contribution < 1.29 is 19.2 Å². The minimum absolute atomic E-state index is 0. The van der Waals surface area contributed by atoms with Gasteiger partial charge in [-0.1, -0.05) is 29.0 Å². The lowest BCUT2D eigenvalue weighted by Gasteiger charge is -2.29. The number of amides is 1. The van der Waals surface area contributed by atoms with E-state index in [4.69, 9.17) is 26.1 Å². The molecule has 4 rings (SSSR count). The van der Waals surface area contributed by atoms with Gasteiger partial charge in [0.05, 0.1) is 40.0 Å². The van der Waals surface area contributed by atoms with Gasteiger partial charge >= 0.3 is 0 Å². The van der Waals surface area contributed by atoms with Crippen LogP contribution in [0.5, 0.6) is 5.75 Å². The van der Waals surface area contributed by atoms with Crippen LogP contribution in [0.15, 0.2) is 36.4 Å². The number of aromatic nitrogens is 1. The quantitative estimate of drug-likeness (QED) is 0.311. The molecule has 1 fully saturated rings. The first-order valence-electron chi connectivity index (χ1n) is 10.6. The van der Waals surface area contributed by atoms with Crippen LogP contribution in [0.1, 0.15) is 17.3 Å². The average Bonchev–Trinajstić information content (AvgIpc) is 3.25. The number of fused-ring (bicyclic) bond motifs is 1. The lowest BCUT2D eigenvalue weighted by molar-refractivity contribution is -0.384. The van der Waals surface area contributed by atoms with Crippen LogP contribution in [0.2, 0.25) is 5.02 Å². The van der Waals surface area contributed by atoms with Crippen molar-refractivity contribution in [2.45, 2.75) is 6.92 Å². The van der Waals surface area contributed by atoms with Crippen molar-refractivity contribution in [3.63, 3.8) is 0 Å². The summed E-state index contributed by atoms with van der Waals surface area (Å²) in [5, 5.41) is 11.9. The highest BCUT2D eigenvalue weighted by Gasteiger charge is 2.26. The number of para-hydroxylation sites is 1. The Morgan fingerprint density at radius 3 is 2.79 bits per heavy atom. The number of hydrogen-bond acceptors (Lipinski definition) is 8.